The summed E-state index contributed by atoms with van der Waals surface area (Å²) in [6.45, 7) is 4.26. The number of hydrazine groups is 2. The first kappa shape index (κ1) is 14.5. The van der Waals surface area contributed by atoms with Crippen molar-refractivity contribution in [3.05, 3.63) is 78.1 Å². The second-order valence-corrected chi connectivity index (χ2v) is 6.45. The van der Waals surface area contributed by atoms with E-state index in [9.17, 15) is 0 Å². The van der Waals surface area contributed by atoms with Crippen molar-refractivity contribution in [1.29, 1.82) is 0 Å². The molecular weight excluding hydrogens is 298 g/mol. The van der Waals surface area contributed by atoms with Crippen LogP contribution >= 0.6 is 0 Å². The average Bonchev–Trinajstić information content (AvgIpc) is 3.20. The molecule has 2 aliphatic rings. The van der Waals surface area contributed by atoms with E-state index in [0.29, 0.717) is 0 Å². The molecule has 2 aliphatic heterocycles. The van der Waals surface area contributed by atoms with Crippen LogP contribution in [-0.4, -0.2) is 17.2 Å². The highest BCUT2D eigenvalue weighted by Gasteiger charge is 2.31. The predicted octanol–water partition coefficient (Wildman–Crippen LogP) is 3.54. The van der Waals surface area contributed by atoms with Crippen molar-refractivity contribution in [2.45, 2.75) is 13.8 Å². The molecule has 0 spiro atoms. The third-order valence-corrected chi connectivity index (χ3v) is 3.88. The van der Waals surface area contributed by atoms with Gasteiger partial charge in [0.1, 0.15) is 0 Å². The first-order chi connectivity index (χ1) is 11.6. The fourth-order valence-corrected chi connectivity index (χ4v) is 2.67. The topological polar surface area (TPSA) is 43.2 Å². The van der Waals surface area contributed by atoms with Crippen LogP contribution < -0.4 is 10.5 Å². The van der Waals surface area contributed by atoms with E-state index in [4.69, 9.17) is 5.10 Å². The Morgan fingerprint density at radius 3 is 2.21 bits per heavy atom. The Balaban J connectivity index is 1.73. The molecule has 4 rings (SSSR count). The summed E-state index contributed by atoms with van der Waals surface area (Å²) in [5.41, 5.74) is 5.30. The van der Waals surface area contributed by atoms with Gasteiger partial charge in [-0.25, -0.2) is 4.99 Å². The zero-order valence-electron chi connectivity index (χ0n) is 13.7. The Bertz CT molecular complexity index is 821. The van der Waals surface area contributed by atoms with Gasteiger partial charge >= 0.3 is 0 Å². The number of hydrazone groups is 1. The highest BCUT2D eigenvalue weighted by molar-refractivity contribution is 6.00. The molecule has 0 radical (unpaired) electrons. The molecule has 2 heterocycles. The van der Waals surface area contributed by atoms with Gasteiger partial charge in [0.25, 0.3) is 0 Å². The largest absolute Gasteiger partial charge is 0.257 e. The van der Waals surface area contributed by atoms with Gasteiger partial charge < -0.3 is 0 Å². The Morgan fingerprint density at radius 1 is 0.917 bits per heavy atom. The molecule has 0 atom stereocenters. The fraction of sp³-hybridized carbons (Fsp3) is 0.158. The van der Waals surface area contributed by atoms with Crippen LogP contribution in [0.5, 0.6) is 0 Å². The first-order valence-electron chi connectivity index (χ1n) is 7.96. The molecule has 0 unspecified atom stereocenters. The predicted molar refractivity (Wildman–Crippen MR) is 97.2 cm³/mol. The first-order valence-corrected chi connectivity index (χ1v) is 7.96. The molecule has 2 aromatic carbocycles. The lowest BCUT2D eigenvalue weighted by molar-refractivity contribution is 0.303. The van der Waals surface area contributed by atoms with Gasteiger partial charge in [-0.15, -0.1) is 10.2 Å². The number of amidine groups is 1. The maximum atomic E-state index is 4.75. The molecule has 0 saturated heterocycles. The van der Waals surface area contributed by atoms with Crippen LogP contribution in [0, 0.1) is 5.41 Å². The van der Waals surface area contributed by atoms with Gasteiger partial charge in [0.05, 0.1) is 5.69 Å². The number of benzene rings is 2. The fourth-order valence-electron chi connectivity index (χ4n) is 2.67. The van der Waals surface area contributed by atoms with E-state index in [0.717, 1.165) is 22.9 Å². The van der Waals surface area contributed by atoms with Gasteiger partial charge in [-0.3, -0.25) is 5.43 Å². The number of hydrogen-bond donors (Lipinski definition) is 1. The van der Waals surface area contributed by atoms with E-state index < -0.39 is 0 Å². The van der Waals surface area contributed by atoms with Gasteiger partial charge in [0, 0.05) is 17.2 Å². The van der Waals surface area contributed by atoms with Crippen molar-refractivity contribution in [1.82, 2.24) is 10.5 Å². The zero-order chi connectivity index (χ0) is 16.6. The Kier molecular flexibility index (Phi) is 3.34. The lowest BCUT2D eigenvalue weighted by Gasteiger charge is -2.27. The smallest absolute Gasteiger partial charge is 0.176 e. The van der Waals surface area contributed by atoms with Gasteiger partial charge in [-0.05, 0) is 18.2 Å². The van der Waals surface area contributed by atoms with E-state index in [-0.39, 0.29) is 5.41 Å². The van der Waals surface area contributed by atoms with Crippen LogP contribution in [0.2, 0.25) is 0 Å². The quantitative estimate of drug-likeness (QED) is 0.941. The van der Waals surface area contributed by atoms with E-state index in [1.54, 1.807) is 0 Å². The summed E-state index contributed by atoms with van der Waals surface area (Å²) in [5.74, 6) is 1.62. The summed E-state index contributed by atoms with van der Waals surface area (Å²) >= 11 is 0. The Morgan fingerprint density at radius 2 is 1.58 bits per heavy atom. The normalized spacial score (nSPS) is 18.4. The number of nitrogens with one attached hydrogen (secondary N) is 1. The molecule has 0 aliphatic carbocycles. The van der Waals surface area contributed by atoms with Crippen LogP contribution in [0.25, 0.3) is 0 Å². The van der Waals surface area contributed by atoms with Crippen LogP contribution in [-0.2, 0) is 0 Å². The summed E-state index contributed by atoms with van der Waals surface area (Å²) < 4.78 is 0. The SMILES string of the molecule is CC1(C)C=NC(N2NC(c3ccccc3)=NN2c2ccccc2)=C1. The van der Waals surface area contributed by atoms with Crippen molar-refractivity contribution < 1.29 is 0 Å². The lowest BCUT2D eigenvalue weighted by atomic mass is 9.97. The van der Waals surface area contributed by atoms with E-state index >= 15 is 0 Å². The Hall–Kier alpha value is -3.08. The third-order valence-electron chi connectivity index (χ3n) is 3.88. The standard InChI is InChI=1S/C19H19N5/c1-19(2)13-17(20-14-19)24-22-18(15-9-5-3-6-10-15)21-23(24)16-11-7-4-8-12-16/h3-14H,1-2H3,(H,21,22). The van der Waals surface area contributed by atoms with Gasteiger partial charge in [0.2, 0.25) is 0 Å². The number of para-hydroxylation sites is 1. The number of hydrogen-bond acceptors (Lipinski definition) is 5. The number of aliphatic imine (C=N–C) groups is 1. The van der Waals surface area contributed by atoms with Crippen LogP contribution in [0.3, 0.4) is 0 Å². The average molecular weight is 317 g/mol. The van der Waals surface area contributed by atoms with Crippen molar-refractivity contribution in [3.63, 3.8) is 0 Å². The maximum Gasteiger partial charge on any atom is 0.176 e. The molecule has 1 N–H and O–H groups in total. The molecule has 2 aromatic rings. The lowest BCUT2D eigenvalue weighted by Crippen LogP contribution is -2.43. The number of allylic oxidation sites excluding steroid dienone is 1. The highest BCUT2D eigenvalue weighted by atomic mass is 16.0. The summed E-state index contributed by atoms with van der Waals surface area (Å²) in [7, 11) is 0. The Labute approximate surface area is 141 Å². The zero-order valence-corrected chi connectivity index (χ0v) is 13.7. The molecule has 120 valence electrons. The molecule has 0 amide bonds. The van der Waals surface area contributed by atoms with Crippen LogP contribution in [0.4, 0.5) is 5.69 Å². The van der Waals surface area contributed by atoms with Crippen molar-refractivity contribution in [2.24, 2.45) is 15.5 Å². The summed E-state index contributed by atoms with van der Waals surface area (Å²) in [6, 6.07) is 20.1. The molecule has 0 aromatic heterocycles. The highest BCUT2D eigenvalue weighted by Crippen LogP contribution is 2.30. The minimum atomic E-state index is -0.0606. The molecule has 0 fully saturated rings. The van der Waals surface area contributed by atoms with Crippen LogP contribution in [0.15, 0.2) is 82.7 Å². The number of nitrogens with zero attached hydrogens (tertiary/aromatic N) is 4. The minimum Gasteiger partial charge on any atom is -0.257 e. The van der Waals surface area contributed by atoms with Crippen molar-refractivity contribution in [2.75, 3.05) is 5.12 Å². The van der Waals surface area contributed by atoms with Gasteiger partial charge in [-0.1, -0.05) is 62.4 Å². The van der Waals surface area contributed by atoms with Gasteiger partial charge in [0.15, 0.2) is 11.7 Å². The van der Waals surface area contributed by atoms with Gasteiger partial charge in [-0.2, -0.15) is 5.12 Å². The summed E-state index contributed by atoms with van der Waals surface area (Å²) in [4.78, 5) is 4.56. The molecule has 0 bridgehead atoms. The van der Waals surface area contributed by atoms with Crippen molar-refractivity contribution >= 4 is 17.7 Å². The second kappa shape index (κ2) is 5.53. The molecule has 24 heavy (non-hydrogen) atoms. The monoisotopic (exact) mass is 317 g/mol. The van der Waals surface area contributed by atoms with E-state index in [1.807, 2.05) is 77.1 Å². The second-order valence-electron chi connectivity index (χ2n) is 6.45. The summed E-state index contributed by atoms with van der Waals surface area (Å²) in [5, 5.41) is 8.47. The molecule has 5 heteroatoms. The van der Waals surface area contributed by atoms with E-state index in [2.05, 4.69) is 30.3 Å². The third kappa shape index (κ3) is 2.65. The van der Waals surface area contributed by atoms with Crippen molar-refractivity contribution in [3.8, 4) is 0 Å². The van der Waals surface area contributed by atoms with E-state index in [1.165, 1.54) is 0 Å². The maximum absolute atomic E-state index is 4.75. The minimum absolute atomic E-state index is 0.0606. The summed E-state index contributed by atoms with van der Waals surface area (Å²) in [6.07, 6.45) is 4.08. The molecular formula is C19H19N5. The van der Waals surface area contributed by atoms with Crippen LogP contribution in [0.1, 0.15) is 19.4 Å². The number of rotatable bonds is 3. The molecule has 5 nitrogen and oxygen atoms in total. The number of anilines is 1. The molecule has 0 saturated carbocycles.